The number of anilines is 1. The first-order valence-corrected chi connectivity index (χ1v) is 9.83. The van der Waals surface area contributed by atoms with Gasteiger partial charge in [0, 0.05) is 25.3 Å². The molecule has 1 amide bonds. The second-order valence-electron chi connectivity index (χ2n) is 6.84. The van der Waals surface area contributed by atoms with Gasteiger partial charge in [0.15, 0.2) is 6.10 Å². The van der Waals surface area contributed by atoms with Crippen LogP contribution in [0, 0.1) is 13.8 Å². The third-order valence-electron chi connectivity index (χ3n) is 4.79. The van der Waals surface area contributed by atoms with Crippen LogP contribution in [0.15, 0.2) is 42.5 Å². The van der Waals surface area contributed by atoms with Crippen LogP contribution in [0.4, 0.5) is 5.69 Å². The maximum absolute atomic E-state index is 12.6. The lowest BCUT2D eigenvalue weighted by Gasteiger charge is -2.21. The fourth-order valence-corrected chi connectivity index (χ4v) is 3.12. The van der Waals surface area contributed by atoms with Crippen molar-refractivity contribution in [2.45, 2.75) is 53.7 Å². The molecule has 0 aromatic heterocycles. The van der Waals surface area contributed by atoms with Crippen LogP contribution >= 0.6 is 0 Å². The molecule has 2 aromatic rings. The Morgan fingerprint density at radius 2 is 1.70 bits per heavy atom. The summed E-state index contributed by atoms with van der Waals surface area (Å²) in [5.74, 6) is 0.691. The number of hydrogen-bond acceptors (Lipinski definition) is 3. The van der Waals surface area contributed by atoms with Gasteiger partial charge in [-0.3, -0.25) is 4.79 Å². The molecule has 1 unspecified atom stereocenters. The molecular formula is C23H32N2O2. The van der Waals surface area contributed by atoms with Crippen LogP contribution in [0.25, 0.3) is 0 Å². The summed E-state index contributed by atoms with van der Waals surface area (Å²) in [5.41, 5.74) is 4.53. The number of carbonyl (C=O) groups excluding carboxylic acids is 1. The molecule has 4 heteroatoms. The van der Waals surface area contributed by atoms with Gasteiger partial charge in [0.1, 0.15) is 5.75 Å². The smallest absolute Gasteiger partial charge is 0.261 e. The van der Waals surface area contributed by atoms with Gasteiger partial charge < -0.3 is 15.0 Å². The molecule has 0 fully saturated rings. The van der Waals surface area contributed by atoms with Gasteiger partial charge in [-0.1, -0.05) is 36.8 Å². The highest BCUT2D eigenvalue weighted by Crippen LogP contribution is 2.21. The molecule has 1 N–H and O–H groups in total. The molecule has 0 saturated carbocycles. The van der Waals surface area contributed by atoms with Gasteiger partial charge >= 0.3 is 0 Å². The van der Waals surface area contributed by atoms with Crippen molar-refractivity contribution >= 4 is 11.6 Å². The lowest BCUT2D eigenvalue weighted by Crippen LogP contribution is -2.37. The van der Waals surface area contributed by atoms with E-state index in [2.05, 4.69) is 54.4 Å². The fourth-order valence-electron chi connectivity index (χ4n) is 3.12. The van der Waals surface area contributed by atoms with Crippen molar-refractivity contribution < 1.29 is 9.53 Å². The molecule has 0 aliphatic heterocycles. The normalized spacial score (nSPS) is 11.7. The minimum atomic E-state index is -0.485. The van der Waals surface area contributed by atoms with Crippen molar-refractivity contribution in [3.8, 4) is 5.75 Å². The monoisotopic (exact) mass is 368 g/mol. The SMILES string of the molecule is CCC(Oc1ccc(C)cc1C)C(=O)NCc1ccc(N(CC)CC)cc1. The van der Waals surface area contributed by atoms with Crippen LogP contribution in [0.5, 0.6) is 5.75 Å². The Bertz CT molecular complexity index is 737. The molecule has 0 heterocycles. The van der Waals surface area contributed by atoms with Crippen molar-refractivity contribution in [1.82, 2.24) is 5.32 Å². The first-order valence-electron chi connectivity index (χ1n) is 9.83. The lowest BCUT2D eigenvalue weighted by molar-refractivity contribution is -0.128. The number of aryl methyl sites for hydroxylation is 2. The molecule has 0 radical (unpaired) electrons. The van der Waals surface area contributed by atoms with Crippen molar-refractivity contribution in [2.75, 3.05) is 18.0 Å². The highest BCUT2D eigenvalue weighted by atomic mass is 16.5. The minimum Gasteiger partial charge on any atom is -0.480 e. The number of benzene rings is 2. The molecular weight excluding hydrogens is 336 g/mol. The standard InChI is InChI=1S/C23H32N2O2/c1-6-21(27-22-14-9-17(4)15-18(22)5)23(26)24-16-19-10-12-20(13-11-19)25(7-2)8-3/h9-15,21H,6-8,16H2,1-5H3,(H,24,26). The van der Waals surface area contributed by atoms with E-state index in [1.165, 1.54) is 11.3 Å². The Hall–Kier alpha value is -2.49. The van der Waals surface area contributed by atoms with Crippen LogP contribution in [0.1, 0.15) is 43.9 Å². The summed E-state index contributed by atoms with van der Waals surface area (Å²) >= 11 is 0. The Labute approximate surface area is 163 Å². The summed E-state index contributed by atoms with van der Waals surface area (Å²) in [6, 6.07) is 14.4. The quantitative estimate of drug-likeness (QED) is 0.702. The Balaban J connectivity index is 1.94. The van der Waals surface area contributed by atoms with E-state index in [9.17, 15) is 4.79 Å². The first-order chi connectivity index (χ1) is 13.0. The Kier molecular flexibility index (Phi) is 7.71. The predicted octanol–water partition coefficient (Wildman–Crippen LogP) is 4.62. The topological polar surface area (TPSA) is 41.6 Å². The highest BCUT2D eigenvalue weighted by Gasteiger charge is 2.19. The van der Waals surface area contributed by atoms with Gasteiger partial charge in [0.25, 0.3) is 5.91 Å². The molecule has 0 aliphatic carbocycles. The number of hydrogen-bond donors (Lipinski definition) is 1. The van der Waals surface area contributed by atoms with E-state index in [4.69, 9.17) is 4.74 Å². The number of nitrogens with one attached hydrogen (secondary N) is 1. The zero-order chi connectivity index (χ0) is 19.8. The van der Waals surface area contributed by atoms with Crippen molar-refractivity contribution in [1.29, 1.82) is 0 Å². The predicted molar refractivity (Wildman–Crippen MR) is 112 cm³/mol. The molecule has 146 valence electrons. The molecule has 2 aromatic carbocycles. The summed E-state index contributed by atoms with van der Waals surface area (Å²) in [4.78, 5) is 14.9. The number of nitrogens with zero attached hydrogens (tertiary/aromatic N) is 1. The maximum atomic E-state index is 12.6. The van der Waals surface area contributed by atoms with Crippen molar-refractivity contribution in [3.63, 3.8) is 0 Å². The lowest BCUT2D eigenvalue weighted by atomic mass is 10.1. The molecule has 0 spiro atoms. The van der Waals surface area contributed by atoms with E-state index in [1.54, 1.807) is 0 Å². The average Bonchev–Trinajstić information content (AvgIpc) is 2.67. The van der Waals surface area contributed by atoms with E-state index in [0.717, 1.165) is 30.0 Å². The van der Waals surface area contributed by atoms with E-state index in [-0.39, 0.29) is 5.91 Å². The first kappa shape index (κ1) is 20.8. The van der Waals surface area contributed by atoms with Crippen LogP contribution in [-0.4, -0.2) is 25.1 Å². The van der Waals surface area contributed by atoms with Gasteiger partial charge in [-0.25, -0.2) is 0 Å². The van der Waals surface area contributed by atoms with Crippen LogP contribution < -0.4 is 15.0 Å². The van der Waals surface area contributed by atoms with E-state index in [1.807, 2.05) is 32.9 Å². The molecule has 0 saturated heterocycles. The summed E-state index contributed by atoms with van der Waals surface area (Å²) in [6.45, 7) is 12.8. The van der Waals surface area contributed by atoms with E-state index in [0.29, 0.717) is 13.0 Å². The third-order valence-corrected chi connectivity index (χ3v) is 4.79. The summed E-state index contributed by atoms with van der Waals surface area (Å²) in [5, 5.41) is 3.00. The van der Waals surface area contributed by atoms with Crippen molar-refractivity contribution in [3.05, 3.63) is 59.2 Å². The van der Waals surface area contributed by atoms with Crippen LogP contribution in [0.3, 0.4) is 0 Å². The number of carbonyl (C=O) groups is 1. The third kappa shape index (κ3) is 5.75. The molecule has 0 bridgehead atoms. The summed E-state index contributed by atoms with van der Waals surface area (Å²) in [6.07, 6.45) is 0.140. The molecule has 1 atom stereocenters. The average molecular weight is 369 g/mol. The zero-order valence-corrected chi connectivity index (χ0v) is 17.2. The largest absolute Gasteiger partial charge is 0.480 e. The highest BCUT2D eigenvalue weighted by molar-refractivity contribution is 5.81. The summed E-state index contributed by atoms with van der Waals surface area (Å²) < 4.78 is 5.96. The fraction of sp³-hybridized carbons (Fsp3) is 0.435. The van der Waals surface area contributed by atoms with Gasteiger partial charge in [-0.05, 0) is 63.4 Å². The van der Waals surface area contributed by atoms with Gasteiger partial charge in [0.05, 0.1) is 0 Å². The van der Waals surface area contributed by atoms with E-state index < -0.39 is 6.10 Å². The van der Waals surface area contributed by atoms with Gasteiger partial charge in [-0.2, -0.15) is 0 Å². The number of amides is 1. The molecule has 2 rings (SSSR count). The molecule has 0 aliphatic rings. The van der Waals surface area contributed by atoms with Crippen LogP contribution in [-0.2, 0) is 11.3 Å². The van der Waals surface area contributed by atoms with Gasteiger partial charge in [-0.15, -0.1) is 0 Å². The minimum absolute atomic E-state index is 0.0784. The Morgan fingerprint density at radius 3 is 2.26 bits per heavy atom. The maximum Gasteiger partial charge on any atom is 0.261 e. The second kappa shape index (κ2) is 10.0. The number of ether oxygens (including phenoxy) is 1. The van der Waals surface area contributed by atoms with Crippen LogP contribution in [0.2, 0.25) is 0 Å². The molecule has 4 nitrogen and oxygen atoms in total. The zero-order valence-electron chi connectivity index (χ0n) is 17.2. The number of rotatable bonds is 9. The van der Waals surface area contributed by atoms with Gasteiger partial charge in [0.2, 0.25) is 0 Å². The Morgan fingerprint density at radius 1 is 1.04 bits per heavy atom. The van der Waals surface area contributed by atoms with E-state index >= 15 is 0 Å². The molecule has 27 heavy (non-hydrogen) atoms. The van der Waals surface area contributed by atoms with Crippen molar-refractivity contribution in [2.24, 2.45) is 0 Å². The summed E-state index contributed by atoms with van der Waals surface area (Å²) in [7, 11) is 0. The second-order valence-corrected chi connectivity index (χ2v) is 6.84.